The first kappa shape index (κ1) is 14.0. The molecule has 3 aromatic rings. The Morgan fingerprint density at radius 1 is 1.13 bits per heavy atom. The van der Waals surface area contributed by atoms with Gasteiger partial charge in [-0.3, -0.25) is 14.3 Å². The first-order valence-electron chi connectivity index (χ1n) is 7.97. The van der Waals surface area contributed by atoms with E-state index in [4.69, 9.17) is 0 Å². The molecule has 0 atom stereocenters. The standard InChI is InChI=1S/C17H18N4O2/c22-16-14-15(18-11-21(14)13-8-4-5-9-13)20(17(23)19-16)10-12-6-2-1-3-7-12/h1-3,6-7,11,13H,4-5,8-10H2,(H,19,22,23). The molecule has 4 rings (SSSR count). The van der Waals surface area contributed by atoms with Gasteiger partial charge in [0, 0.05) is 6.04 Å². The molecule has 0 amide bonds. The predicted molar refractivity (Wildman–Crippen MR) is 87.7 cm³/mol. The van der Waals surface area contributed by atoms with Gasteiger partial charge in [0.05, 0.1) is 12.9 Å². The van der Waals surface area contributed by atoms with Crippen molar-refractivity contribution in [2.24, 2.45) is 0 Å². The van der Waals surface area contributed by atoms with Crippen LogP contribution >= 0.6 is 0 Å². The summed E-state index contributed by atoms with van der Waals surface area (Å²) in [6.45, 7) is 0.397. The Kier molecular flexibility index (Phi) is 3.37. The molecule has 1 N–H and O–H groups in total. The molecule has 118 valence electrons. The average Bonchev–Trinajstić information content (AvgIpc) is 3.21. The molecule has 2 heterocycles. The van der Waals surface area contributed by atoms with Gasteiger partial charge in [-0.05, 0) is 18.4 Å². The molecule has 0 radical (unpaired) electrons. The van der Waals surface area contributed by atoms with Crippen LogP contribution in [0.2, 0.25) is 0 Å². The van der Waals surface area contributed by atoms with Gasteiger partial charge in [0.1, 0.15) is 0 Å². The molecule has 23 heavy (non-hydrogen) atoms. The van der Waals surface area contributed by atoms with E-state index in [1.807, 2.05) is 34.9 Å². The zero-order valence-electron chi connectivity index (χ0n) is 12.7. The maximum Gasteiger partial charge on any atom is 0.330 e. The van der Waals surface area contributed by atoms with Crippen molar-refractivity contribution < 1.29 is 0 Å². The second-order valence-electron chi connectivity index (χ2n) is 6.09. The number of imidazole rings is 1. The molecular weight excluding hydrogens is 292 g/mol. The number of aromatic amines is 1. The van der Waals surface area contributed by atoms with Crippen LogP contribution < -0.4 is 11.2 Å². The Bertz CT molecular complexity index is 946. The zero-order valence-corrected chi connectivity index (χ0v) is 12.7. The molecular formula is C17H18N4O2. The molecule has 6 nitrogen and oxygen atoms in total. The van der Waals surface area contributed by atoms with Gasteiger partial charge in [-0.2, -0.15) is 0 Å². The highest BCUT2D eigenvalue weighted by molar-refractivity contribution is 5.70. The Labute approximate surface area is 132 Å². The van der Waals surface area contributed by atoms with Gasteiger partial charge in [-0.25, -0.2) is 9.78 Å². The average molecular weight is 310 g/mol. The number of fused-ring (bicyclic) bond motifs is 1. The largest absolute Gasteiger partial charge is 0.330 e. The molecule has 0 aliphatic heterocycles. The first-order valence-corrected chi connectivity index (χ1v) is 7.97. The van der Waals surface area contributed by atoms with Crippen LogP contribution in [0, 0.1) is 0 Å². The molecule has 0 spiro atoms. The number of hydrogen-bond donors (Lipinski definition) is 1. The highest BCUT2D eigenvalue weighted by Crippen LogP contribution is 2.30. The van der Waals surface area contributed by atoms with Crippen molar-refractivity contribution in [3.8, 4) is 0 Å². The monoisotopic (exact) mass is 310 g/mol. The number of H-pyrrole nitrogens is 1. The van der Waals surface area contributed by atoms with E-state index in [0.29, 0.717) is 23.8 Å². The fourth-order valence-electron chi connectivity index (χ4n) is 3.46. The van der Waals surface area contributed by atoms with E-state index >= 15 is 0 Å². The maximum absolute atomic E-state index is 12.3. The van der Waals surface area contributed by atoms with E-state index in [-0.39, 0.29) is 5.56 Å². The Morgan fingerprint density at radius 3 is 2.61 bits per heavy atom. The van der Waals surface area contributed by atoms with Gasteiger partial charge in [-0.1, -0.05) is 43.2 Å². The molecule has 0 unspecified atom stereocenters. The lowest BCUT2D eigenvalue weighted by Crippen LogP contribution is -2.31. The molecule has 6 heteroatoms. The van der Waals surface area contributed by atoms with Gasteiger partial charge in [0.15, 0.2) is 11.2 Å². The van der Waals surface area contributed by atoms with Crippen molar-refractivity contribution in [2.45, 2.75) is 38.3 Å². The van der Waals surface area contributed by atoms with E-state index in [0.717, 1.165) is 18.4 Å². The van der Waals surface area contributed by atoms with Crippen molar-refractivity contribution in [3.05, 3.63) is 63.1 Å². The molecule has 1 aromatic carbocycles. The lowest BCUT2D eigenvalue weighted by atomic mass is 10.2. The second-order valence-corrected chi connectivity index (χ2v) is 6.09. The minimum Gasteiger partial charge on any atom is -0.322 e. The van der Waals surface area contributed by atoms with E-state index < -0.39 is 5.69 Å². The minimum atomic E-state index is -0.414. The molecule has 1 aliphatic carbocycles. The summed E-state index contributed by atoms with van der Waals surface area (Å²) in [5, 5.41) is 0. The van der Waals surface area contributed by atoms with Crippen LogP contribution in [0.4, 0.5) is 0 Å². The van der Waals surface area contributed by atoms with Gasteiger partial charge >= 0.3 is 5.69 Å². The Hall–Kier alpha value is -2.63. The van der Waals surface area contributed by atoms with Crippen LogP contribution in [0.3, 0.4) is 0 Å². The van der Waals surface area contributed by atoms with Crippen LogP contribution in [-0.4, -0.2) is 19.1 Å². The summed E-state index contributed by atoms with van der Waals surface area (Å²) in [6.07, 6.45) is 6.17. The third-order valence-electron chi connectivity index (χ3n) is 4.61. The van der Waals surface area contributed by atoms with Crippen LogP contribution in [0.5, 0.6) is 0 Å². The number of hydrogen-bond acceptors (Lipinski definition) is 3. The van der Waals surface area contributed by atoms with Gasteiger partial charge < -0.3 is 4.57 Å². The number of rotatable bonds is 3. The smallest absolute Gasteiger partial charge is 0.322 e. The minimum absolute atomic E-state index is 0.309. The summed E-state index contributed by atoms with van der Waals surface area (Å²) in [6, 6.07) is 10.0. The van der Waals surface area contributed by atoms with Crippen LogP contribution in [-0.2, 0) is 6.54 Å². The molecule has 0 bridgehead atoms. The number of nitrogens with zero attached hydrogens (tertiary/aromatic N) is 3. The van der Waals surface area contributed by atoms with Crippen molar-refractivity contribution in [3.63, 3.8) is 0 Å². The molecule has 1 fully saturated rings. The number of aromatic nitrogens is 4. The number of nitrogens with one attached hydrogen (secondary N) is 1. The van der Waals surface area contributed by atoms with Crippen molar-refractivity contribution in [1.29, 1.82) is 0 Å². The normalized spacial score (nSPS) is 15.5. The number of benzene rings is 1. The fraction of sp³-hybridized carbons (Fsp3) is 0.353. The molecule has 1 aliphatic rings. The SMILES string of the molecule is O=c1[nH]c(=O)n(Cc2ccccc2)c2ncn(C3CCCC3)c12. The van der Waals surface area contributed by atoms with Crippen molar-refractivity contribution in [1.82, 2.24) is 19.1 Å². The van der Waals surface area contributed by atoms with Crippen molar-refractivity contribution in [2.75, 3.05) is 0 Å². The Morgan fingerprint density at radius 2 is 1.87 bits per heavy atom. The Balaban J connectivity index is 1.88. The first-order chi connectivity index (χ1) is 11.2. The topological polar surface area (TPSA) is 72.7 Å². The molecule has 0 saturated heterocycles. The maximum atomic E-state index is 12.3. The third-order valence-corrected chi connectivity index (χ3v) is 4.61. The molecule has 1 saturated carbocycles. The van der Waals surface area contributed by atoms with Crippen molar-refractivity contribution >= 4 is 11.2 Å². The quantitative estimate of drug-likeness (QED) is 0.804. The van der Waals surface area contributed by atoms with Gasteiger partial charge in [0.25, 0.3) is 5.56 Å². The van der Waals surface area contributed by atoms with E-state index in [1.165, 1.54) is 17.4 Å². The van der Waals surface area contributed by atoms with Gasteiger partial charge in [0.2, 0.25) is 0 Å². The van der Waals surface area contributed by atoms with E-state index in [2.05, 4.69) is 9.97 Å². The fourth-order valence-corrected chi connectivity index (χ4v) is 3.46. The summed E-state index contributed by atoms with van der Waals surface area (Å²) in [7, 11) is 0. The lowest BCUT2D eigenvalue weighted by molar-refractivity contribution is 0.530. The van der Waals surface area contributed by atoms with Gasteiger partial charge in [-0.15, -0.1) is 0 Å². The highest BCUT2D eigenvalue weighted by atomic mass is 16.2. The summed E-state index contributed by atoms with van der Waals surface area (Å²) < 4.78 is 3.49. The van der Waals surface area contributed by atoms with E-state index in [1.54, 1.807) is 6.33 Å². The van der Waals surface area contributed by atoms with Crippen LogP contribution in [0.25, 0.3) is 11.2 Å². The third kappa shape index (κ3) is 2.40. The second kappa shape index (κ2) is 5.53. The predicted octanol–water partition coefficient (Wildman–Crippen LogP) is 2.05. The van der Waals surface area contributed by atoms with E-state index in [9.17, 15) is 9.59 Å². The van der Waals surface area contributed by atoms with Crippen LogP contribution in [0.15, 0.2) is 46.2 Å². The summed E-state index contributed by atoms with van der Waals surface area (Å²) in [5.74, 6) is 0. The lowest BCUT2D eigenvalue weighted by Gasteiger charge is -2.12. The molecule has 2 aromatic heterocycles. The zero-order chi connectivity index (χ0) is 15.8. The summed E-state index contributed by atoms with van der Waals surface area (Å²) in [5.41, 5.74) is 1.21. The van der Waals surface area contributed by atoms with Crippen LogP contribution in [0.1, 0.15) is 37.3 Å². The summed E-state index contributed by atoms with van der Waals surface area (Å²) >= 11 is 0. The highest BCUT2D eigenvalue weighted by Gasteiger charge is 2.22. The summed E-state index contributed by atoms with van der Waals surface area (Å²) in [4.78, 5) is 31.4.